The number of morpholine rings is 1. The van der Waals surface area contributed by atoms with Gasteiger partial charge in [0.05, 0.1) is 35.9 Å². The third-order valence-electron chi connectivity index (χ3n) is 3.09. The van der Waals surface area contributed by atoms with Crippen molar-refractivity contribution in [2.75, 3.05) is 25.5 Å². The third-order valence-corrected chi connectivity index (χ3v) is 3.39. The molecule has 1 aliphatic heterocycles. The Morgan fingerprint density at radius 2 is 2.47 bits per heavy atom. The van der Waals surface area contributed by atoms with Gasteiger partial charge in [0.1, 0.15) is 5.82 Å². The number of carbonyl (C=O) groups excluding carboxylic acids is 1. The maximum Gasteiger partial charge on any atom is 0.255 e. The Hall–Kier alpha value is -1.37. The quantitative estimate of drug-likeness (QED) is 0.828. The molecule has 1 aliphatic rings. The minimum Gasteiger partial charge on any atom is -0.394 e. The summed E-state index contributed by atoms with van der Waals surface area (Å²) in [6.07, 6.45) is 1.05. The van der Waals surface area contributed by atoms with Gasteiger partial charge in [-0.3, -0.25) is 4.79 Å². The highest BCUT2D eigenvalue weighted by molar-refractivity contribution is 6.33. The zero-order valence-electron chi connectivity index (χ0n) is 10.5. The summed E-state index contributed by atoms with van der Waals surface area (Å²) in [5, 5.41) is 9.37. The molecule has 1 amide bonds. The second-order valence-corrected chi connectivity index (χ2v) is 4.94. The first kappa shape index (κ1) is 14.0. The monoisotopic (exact) mass is 285 g/mol. The standard InChI is InChI=1S/C12H16ClN3O3/c1-7-6-19-9(5-17)4-16(7)12(18)8-2-10(13)11(14)15-3-8/h2-3,7,9,17H,4-6H2,1H3,(H2,14,15). The summed E-state index contributed by atoms with van der Waals surface area (Å²) in [6, 6.07) is 1.44. The van der Waals surface area contributed by atoms with Crippen molar-refractivity contribution in [1.82, 2.24) is 9.88 Å². The van der Waals surface area contributed by atoms with Crippen molar-refractivity contribution in [1.29, 1.82) is 0 Å². The number of hydrogen-bond donors (Lipinski definition) is 2. The highest BCUT2D eigenvalue weighted by Crippen LogP contribution is 2.20. The van der Waals surface area contributed by atoms with E-state index in [4.69, 9.17) is 27.2 Å². The van der Waals surface area contributed by atoms with Gasteiger partial charge in [0.2, 0.25) is 0 Å². The molecule has 7 heteroatoms. The first-order chi connectivity index (χ1) is 9.02. The fourth-order valence-corrected chi connectivity index (χ4v) is 2.11. The van der Waals surface area contributed by atoms with Gasteiger partial charge in [0, 0.05) is 12.7 Å². The number of ether oxygens (including phenoxy) is 1. The van der Waals surface area contributed by atoms with Crippen LogP contribution in [-0.2, 0) is 4.74 Å². The SMILES string of the molecule is CC1COC(CO)CN1C(=O)c1cnc(N)c(Cl)c1. The summed E-state index contributed by atoms with van der Waals surface area (Å²) in [4.78, 5) is 17.9. The van der Waals surface area contributed by atoms with Crippen LogP contribution < -0.4 is 5.73 Å². The van der Waals surface area contributed by atoms with Crippen LogP contribution in [0, 0.1) is 0 Å². The number of aromatic nitrogens is 1. The Labute approximate surface area is 116 Å². The molecule has 2 unspecified atom stereocenters. The molecule has 3 N–H and O–H groups in total. The van der Waals surface area contributed by atoms with E-state index in [-0.39, 0.29) is 35.5 Å². The predicted octanol–water partition coefficient (Wildman–Crippen LogP) is 0.539. The smallest absolute Gasteiger partial charge is 0.255 e. The van der Waals surface area contributed by atoms with Crippen molar-refractivity contribution in [3.05, 3.63) is 22.8 Å². The lowest BCUT2D eigenvalue weighted by Gasteiger charge is -2.37. The largest absolute Gasteiger partial charge is 0.394 e. The van der Waals surface area contributed by atoms with E-state index in [1.807, 2.05) is 6.92 Å². The summed E-state index contributed by atoms with van der Waals surface area (Å²) < 4.78 is 5.39. The number of halogens is 1. The molecule has 1 aromatic heterocycles. The number of nitrogen functional groups attached to an aromatic ring is 1. The second kappa shape index (κ2) is 5.73. The molecule has 2 atom stereocenters. The van der Waals surface area contributed by atoms with Crippen LogP contribution in [-0.4, -0.2) is 52.8 Å². The number of pyridine rings is 1. The van der Waals surface area contributed by atoms with Crippen LogP contribution in [0.3, 0.4) is 0 Å². The summed E-state index contributed by atoms with van der Waals surface area (Å²) in [6.45, 7) is 2.51. The van der Waals surface area contributed by atoms with Gasteiger partial charge in [-0.15, -0.1) is 0 Å². The number of rotatable bonds is 2. The lowest BCUT2D eigenvalue weighted by atomic mass is 10.1. The van der Waals surface area contributed by atoms with E-state index in [0.29, 0.717) is 18.7 Å². The van der Waals surface area contributed by atoms with Crippen molar-refractivity contribution in [3.63, 3.8) is 0 Å². The number of anilines is 1. The lowest BCUT2D eigenvalue weighted by molar-refractivity contribution is -0.0667. The van der Waals surface area contributed by atoms with E-state index >= 15 is 0 Å². The van der Waals surface area contributed by atoms with Crippen LogP contribution in [0.15, 0.2) is 12.3 Å². The van der Waals surface area contributed by atoms with Crippen molar-refractivity contribution in [3.8, 4) is 0 Å². The molecule has 104 valence electrons. The minimum absolute atomic E-state index is 0.0633. The molecule has 0 bridgehead atoms. The van der Waals surface area contributed by atoms with Gasteiger partial charge >= 0.3 is 0 Å². The van der Waals surface area contributed by atoms with Crippen molar-refractivity contribution in [2.24, 2.45) is 0 Å². The molecule has 0 aromatic carbocycles. The highest BCUT2D eigenvalue weighted by atomic mass is 35.5. The number of nitrogens with two attached hydrogens (primary N) is 1. The average molecular weight is 286 g/mol. The van der Waals surface area contributed by atoms with Crippen LogP contribution in [0.5, 0.6) is 0 Å². The minimum atomic E-state index is -0.350. The Balaban J connectivity index is 2.19. The molecule has 2 rings (SSSR count). The van der Waals surface area contributed by atoms with Crippen LogP contribution in [0.25, 0.3) is 0 Å². The van der Waals surface area contributed by atoms with Gasteiger partial charge in [-0.1, -0.05) is 11.6 Å². The number of nitrogens with zero attached hydrogens (tertiary/aromatic N) is 2. The Morgan fingerprint density at radius 3 is 3.11 bits per heavy atom. The van der Waals surface area contributed by atoms with E-state index in [1.54, 1.807) is 4.90 Å². The summed E-state index contributed by atoms with van der Waals surface area (Å²) in [5.74, 6) is 0.00475. The third kappa shape index (κ3) is 2.97. The maximum atomic E-state index is 12.4. The van der Waals surface area contributed by atoms with E-state index < -0.39 is 0 Å². The van der Waals surface area contributed by atoms with Crippen molar-refractivity contribution >= 4 is 23.3 Å². The fourth-order valence-electron chi connectivity index (χ4n) is 1.94. The molecular formula is C12H16ClN3O3. The van der Waals surface area contributed by atoms with Crippen LogP contribution in [0.1, 0.15) is 17.3 Å². The first-order valence-corrected chi connectivity index (χ1v) is 6.35. The predicted molar refractivity (Wildman–Crippen MR) is 71.0 cm³/mol. The summed E-state index contributed by atoms with van der Waals surface area (Å²) in [5.41, 5.74) is 5.90. The first-order valence-electron chi connectivity index (χ1n) is 5.97. The van der Waals surface area contributed by atoms with Crippen LogP contribution >= 0.6 is 11.6 Å². The molecule has 0 aliphatic carbocycles. The number of aliphatic hydroxyl groups excluding tert-OH is 1. The molecule has 6 nitrogen and oxygen atoms in total. The zero-order chi connectivity index (χ0) is 14.0. The number of hydrogen-bond acceptors (Lipinski definition) is 5. The number of amides is 1. The Morgan fingerprint density at radius 1 is 1.74 bits per heavy atom. The topological polar surface area (TPSA) is 88.7 Å². The lowest BCUT2D eigenvalue weighted by Crippen LogP contribution is -2.52. The molecule has 1 saturated heterocycles. The molecular weight excluding hydrogens is 270 g/mol. The van der Waals surface area contributed by atoms with Gasteiger partial charge in [-0.05, 0) is 13.0 Å². The molecule has 0 radical (unpaired) electrons. The number of carbonyl (C=O) groups is 1. The molecule has 1 aromatic rings. The Kier molecular flexibility index (Phi) is 4.24. The molecule has 0 saturated carbocycles. The fraction of sp³-hybridized carbons (Fsp3) is 0.500. The summed E-state index contributed by atoms with van der Waals surface area (Å²) >= 11 is 5.87. The number of aliphatic hydroxyl groups is 1. The van der Waals surface area contributed by atoms with Crippen LogP contribution in [0.4, 0.5) is 5.82 Å². The Bertz CT molecular complexity index is 483. The molecule has 19 heavy (non-hydrogen) atoms. The van der Waals surface area contributed by atoms with Gasteiger partial charge in [-0.2, -0.15) is 0 Å². The van der Waals surface area contributed by atoms with E-state index in [1.165, 1.54) is 12.3 Å². The van der Waals surface area contributed by atoms with E-state index in [0.717, 1.165) is 0 Å². The van der Waals surface area contributed by atoms with Gasteiger partial charge in [0.25, 0.3) is 5.91 Å². The van der Waals surface area contributed by atoms with Crippen LogP contribution in [0.2, 0.25) is 5.02 Å². The molecule has 0 spiro atoms. The van der Waals surface area contributed by atoms with E-state index in [2.05, 4.69) is 4.98 Å². The average Bonchev–Trinajstić information content (AvgIpc) is 2.41. The second-order valence-electron chi connectivity index (χ2n) is 4.54. The molecule has 2 heterocycles. The van der Waals surface area contributed by atoms with Crippen molar-refractivity contribution < 1.29 is 14.6 Å². The van der Waals surface area contributed by atoms with Gasteiger partial charge in [-0.25, -0.2) is 4.98 Å². The highest BCUT2D eigenvalue weighted by Gasteiger charge is 2.30. The maximum absolute atomic E-state index is 12.4. The van der Waals surface area contributed by atoms with Crippen molar-refractivity contribution in [2.45, 2.75) is 19.1 Å². The van der Waals surface area contributed by atoms with Gasteiger partial charge < -0.3 is 20.5 Å². The summed E-state index contributed by atoms with van der Waals surface area (Å²) in [7, 11) is 0. The van der Waals surface area contributed by atoms with Gasteiger partial charge in [0.15, 0.2) is 0 Å². The normalized spacial score (nSPS) is 23.4. The van der Waals surface area contributed by atoms with E-state index in [9.17, 15) is 4.79 Å². The molecule has 1 fully saturated rings. The zero-order valence-corrected chi connectivity index (χ0v) is 11.3.